The fraction of sp³-hybridized carbons (Fsp3) is 0.455. The summed E-state index contributed by atoms with van der Waals surface area (Å²) in [7, 11) is 0. The molecule has 0 radical (unpaired) electrons. The quantitative estimate of drug-likeness (QED) is 0.832. The van der Waals surface area contributed by atoms with Crippen LogP contribution >= 0.6 is 11.6 Å². The molecule has 1 aromatic carbocycles. The third-order valence-electron chi connectivity index (χ3n) is 2.32. The van der Waals surface area contributed by atoms with E-state index in [2.05, 4.69) is 18.7 Å². The molecule has 1 N–H and O–H groups in total. The molecule has 0 unspecified atom stereocenters. The molecule has 0 bridgehead atoms. The van der Waals surface area contributed by atoms with Crippen molar-refractivity contribution in [2.24, 2.45) is 0 Å². The summed E-state index contributed by atoms with van der Waals surface area (Å²) in [6.07, 6.45) is 0. The van der Waals surface area contributed by atoms with Crippen LogP contribution in [-0.2, 0) is 6.61 Å². The van der Waals surface area contributed by atoms with E-state index in [1.165, 1.54) is 0 Å². The van der Waals surface area contributed by atoms with Gasteiger partial charge in [0.25, 0.3) is 0 Å². The molecule has 2 nitrogen and oxygen atoms in total. The van der Waals surface area contributed by atoms with E-state index in [1.54, 1.807) is 0 Å². The molecule has 0 spiro atoms. The van der Waals surface area contributed by atoms with Crippen molar-refractivity contribution in [3.05, 3.63) is 28.8 Å². The number of nitrogens with zero attached hydrogens (tertiary/aromatic N) is 1. The average molecular weight is 214 g/mol. The zero-order chi connectivity index (χ0) is 10.6. The summed E-state index contributed by atoms with van der Waals surface area (Å²) in [6.45, 7) is 6.10. The minimum absolute atomic E-state index is 0.0341. The number of aliphatic hydroxyl groups is 1. The Morgan fingerprint density at radius 2 is 1.93 bits per heavy atom. The van der Waals surface area contributed by atoms with Crippen LogP contribution in [0, 0.1) is 0 Å². The highest BCUT2D eigenvalue weighted by Crippen LogP contribution is 2.24. The first-order valence-electron chi connectivity index (χ1n) is 4.87. The highest BCUT2D eigenvalue weighted by atomic mass is 35.5. The predicted octanol–water partition coefficient (Wildman–Crippen LogP) is 2.68. The van der Waals surface area contributed by atoms with Crippen molar-refractivity contribution in [1.29, 1.82) is 0 Å². The van der Waals surface area contributed by atoms with Gasteiger partial charge in [0, 0.05) is 29.4 Å². The van der Waals surface area contributed by atoms with Crippen LogP contribution in [0.25, 0.3) is 0 Å². The molecule has 0 atom stereocenters. The third-order valence-corrected chi connectivity index (χ3v) is 2.55. The zero-order valence-electron chi connectivity index (χ0n) is 8.63. The van der Waals surface area contributed by atoms with Crippen LogP contribution in [0.4, 0.5) is 5.69 Å². The Hall–Kier alpha value is -0.730. The smallest absolute Gasteiger partial charge is 0.0702 e. The molecule has 1 aromatic rings. The van der Waals surface area contributed by atoms with Crippen LogP contribution in [0.5, 0.6) is 0 Å². The minimum Gasteiger partial charge on any atom is -0.392 e. The van der Waals surface area contributed by atoms with Crippen molar-refractivity contribution < 1.29 is 5.11 Å². The maximum absolute atomic E-state index is 9.20. The van der Waals surface area contributed by atoms with Crippen LogP contribution in [0.15, 0.2) is 18.2 Å². The van der Waals surface area contributed by atoms with Gasteiger partial charge < -0.3 is 10.0 Å². The van der Waals surface area contributed by atoms with Gasteiger partial charge in [0.2, 0.25) is 0 Å². The summed E-state index contributed by atoms with van der Waals surface area (Å²) in [5.74, 6) is 0. The normalized spacial score (nSPS) is 10.3. The lowest BCUT2D eigenvalue weighted by Gasteiger charge is -2.23. The van der Waals surface area contributed by atoms with Crippen molar-refractivity contribution in [2.75, 3.05) is 18.0 Å². The molecule has 0 aliphatic heterocycles. The molecule has 0 saturated carbocycles. The number of hydrogen-bond acceptors (Lipinski definition) is 2. The SMILES string of the molecule is CCN(CC)c1ccc(Cl)cc1CO. The molecule has 0 saturated heterocycles. The number of aliphatic hydroxyl groups excluding tert-OH is 1. The Morgan fingerprint density at radius 3 is 2.43 bits per heavy atom. The number of rotatable bonds is 4. The van der Waals surface area contributed by atoms with Crippen LogP contribution < -0.4 is 4.90 Å². The van der Waals surface area contributed by atoms with Crippen LogP contribution in [0.1, 0.15) is 19.4 Å². The lowest BCUT2D eigenvalue weighted by molar-refractivity contribution is 0.282. The van der Waals surface area contributed by atoms with E-state index in [1.807, 2.05) is 18.2 Å². The maximum atomic E-state index is 9.20. The Kier molecular flexibility index (Phi) is 4.23. The van der Waals surface area contributed by atoms with Gasteiger partial charge in [0.15, 0.2) is 0 Å². The first kappa shape index (κ1) is 11.3. The zero-order valence-corrected chi connectivity index (χ0v) is 9.38. The number of benzene rings is 1. The maximum Gasteiger partial charge on any atom is 0.0702 e. The van der Waals surface area contributed by atoms with Gasteiger partial charge in [-0.05, 0) is 32.0 Å². The number of halogens is 1. The number of hydrogen-bond donors (Lipinski definition) is 1. The first-order chi connectivity index (χ1) is 6.72. The van der Waals surface area contributed by atoms with E-state index in [0.717, 1.165) is 24.3 Å². The van der Waals surface area contributed by atoms with Crippen molar-refractivity contribution in [2.45, 2.75) is 20.5 Å². The van der Waals surface area contributed by atoms with E-state index >= 15 is 0 Å². The van der Waals surface area contributed by atoms with Gasteiger partial charge in [-0.3, -0.25) is 0 Å². The second-order valence-electron chi connectivity index (χ2n) is 3.10. The summed E-state index contributed by atoms with van der Waals surface area (Å²) in [4.78, 5) is 2.20. The Morgan fingerprint density at radius 1 is 1.29 bits per heavy atom. The standard InChI is InChI=1S/C11H16ClNO/c1-3-13(4-2)11-6-5-10(12)7-9(11)8-14/h5-7,14H,3-4,8H2,1-2H3. The molecular formula is C11H16ClNO. The second kappa shape index (κ2) is 5.23. The number of anilines is 1. The van der Waals surface area contributed by atoms with E-state index in [4.69, 9.17) is 11.6 Å². The first-order valence-corrected chi connectivity index (χ1v) is 5.25. The Bertz CT molecular complexity index is 297. The molecule has 1 rings (SSSR count). The molecule has 0 aromatic heterocycles. The lowest BCUT2D eigenvalue weighted by Crippen LogP contribution is -2.23. The summed E-state index contributed by atoms with van der Waals surface area (Å²) >= 11 is 5.86. The van der Waals surface area contributed by atoms with E-state index in [9.17, 15) is 5.11 Å². The average Bonchev–Trinajstić information content (AvgIpc) is 2.21. The third kappa shape index (κ3) is 2.40. The van der Waals surface area contributed by atoms with Crippen molar-refractivity contribution in [3.63, 3.8) is 0 Å². The fourth-order valence-corrected chi connectivity index (χ4v) is 1.75. The molecule has 0 heterocycles. The largest absolute Gasteiger partial charge is 0.392 e. The van der Waals surface area contributed by atoms with Crippen molar-refractivity contribution >= 4 is 17.3 Å². The summed E-state index contributed by atoms with van der Waals surface area (Å²) in [5.41, 5.74) is 1.96. The highest BCUT2D eigenvalue weighted by Gasteiger charge is 2.07. The van der Waals surface area contributed by atoms with Gasteiger partial charge >= 0.3 is 0 Å². The van der Waals surface area contributed by atoms with Gasteiger partial charge in [-0.1, -0.05) is 11.6 Å². The summed E-state index contributed by atoms with van der Waals surface area (Å²) in [5, 5.41) is 9.87. The molecular weight excluding hydrogens is 198 g/mol. The topological polar surface area (TPSA) is 23.5 Å². The highest BCUT2D eigenvalue weighted by molar-refractivity contribution is 6.30. The summed E-state index contributed by atoms with van der Waals surface area (Å²) in [6, 6.07) is 5.63. The fourth-order valence-electron chi connectivity index (χ4n) is 1.55. The molecule has 14 heavy (non-hydrogen) atoms. The monoisotopic (exact) mass is 213 g/mol. The molecule has 3 heteroatoms. The lowest BCUT2D eigenvalue weighted by atomic mass is 10.1. The molecule has 0 fully saturated rings. The molecule has 0 aliphatic carbocycles. The summed E-state index contributed by atoms with van der Waals surface area (Å²) < 4.78 is 0. The Labute approximate surface area is 90.1 Å². The van der Waals surface area contributed by atoms with Gasteiger partial charge in [-0.2, -0.15) is 0 Å². The van der Waals surface area contributed by atoms with E-state index < -0.39 is 0 Å². The van der Waals surface area contributed by atoms with Gasteiger partial charge in [-0.25, -0.2) is 0 Å². The van der Waals surface area contributed by atoms with Gasteiger partial charge in [0.05, 0.1) is 6.61 Å². The molecule has 78 valence electrons. The van der Waals surface area contributed by atoms with Crippen LogP contribution in [0.2, 0.25) is 5.02 Å². The predicted molar refractivity (Wildman–Crippen MR) is 60.9 cm³/mol. The molecule has 0 amide bonds. The molecule has 0 aliphatic rings. The van der Waals surface area contributed by atoms with Crippen LogP contribution in [-0.4, -0.2) is 18.2 Å². The van der Waals surface area contributed by atoms with E-state index in [0.29, 0.717) is 5.02 Å². The Balaban J connectivity index is 3.06. The van der Waals surface area contributed by atoms with E-state index in [-0.39, 0.29) is 6.61 Å². The van der Waals surface area contributed by atoms with Gasteiger partial charge in [-0.15, -0.1) is 0 Å². The van der Waals surface area contributed by atoms with Gasteiger partial charge in [0.1, 0.15) is 0 Å². The van der Waals surface area contributed by atoms with Crippen LogP contribution in [0.3, 0.4) is 0 Å². The van der Waals surface area contributed by atoms with Crippen molar-refractivity contribution in [1.82, 2.24) is 0 Å². The minimum atomic E-state index is 0.0341. The second-order valence-corrected chi connectivity index (χ2v) is 3.54. The van der Waals surface area contributed by atoms with Crippen molar-refractivity contribution in [3.8, 4) is 0 Å².